The first-order chi connectivity index (χ1) is 15.3. The summed E-state index contributed by atoms with van der Waals surface area (Å²) in [5.41, 5.74) is 6.75. The van der Waals surface area contributed by atoms with Crippen LogP contribution in [-0.4, -0.2) is 36.1 Å². The molecule has 0 radical (unpaired) electrons. The van der Waals surface area contributed by atoms with Gasteiger partial charge in [0.2, 0.25) is 11.8 Å². The number of amides is 3. The number of rotatable bonds is 5. The summed E-state index contributed by atoms with van der Waals surface area (Å²) >= 11 is 7.60. The highest BCUT2D eigenvalue weighted by Gasteiger charge is 2.42. The van der Waals surface area contributed by atoms with Crippen LogP contribution in [0.15, 0.2) is 53.4 Å². The molecule has 0 aromatic heterocycles. The number of fused-ring (bicyclic) bond motifs is 1. The average molecular weight is 472 g/mol. The number of nitrogens with one attached hydrogen (secondary N) is 1. The predicted molar refractivity (Wildman–Crippen MR) is 122 cm³/mol. The van der Waals surface area contributed by atoms with Crippen LogP contribution in [-0.2, 0) is 19.2 Å². The van der Waals surface area contributed by atoms with Crippen LogP contribution in [0.3, 0.4) is 0 Å². The molecule has 1 aliphatic heterocycles. The lowest BCUT2D eigenvalue weighted by Crippen LogP contribution is -2.53. The van der Waals surface area contributed by atoms with E-state index in [0.29, 0.717) is 34.9 Å². The smallest absolute Gasteiger partial charge is 0.251 e. The summed E-state index contributed by atoms with van der Waals surface area (Å²) in [4.78, 5) is 52.6. The monoisotopic (exact) mass is 471 g/mol. The van der Waals surface area contributed by atoms with Crippen molar-refractivity contribution in [3.8, 4) is 0 Å². The Balaban J connectivity index is 1.78. The Kier molecular flexibility index (Phi) is 6.53. The third kappa shape index (κ3) is 4.52. The van der Waals surface area contributed by atoms with Gasteiger partial charge in [0.15, 0.2) is 0 Å². The van der Waals surface area contributed by atoms with Gasteiger partial charge < -0.3 is 16.0 Å². The van der Waals surface area contributed by atoms with Crippen molar-refractivity contribution in [3.05, 3.63) is 59.1 Å². The number of anilines is 1. The first-order valence-electron chi connectivity index (χ1n) is 10.3. The van der Waals surface area contributed by atoms with Crippen molar-refractivity contribution >= 4 is 52.6 Å². The number of nitrogens with two attached hydrogens (primary N) is 1. The zero-order chi connectivity index (χ0) is 22.8. The highest BCUT2D eigenvalue weighted by atomic mass is 35.5. The molecule has 166 valence electrons. The Morgan fingerprint density at radius 2 is 1.91 bits per heavy atom. The van der Waals surface area contributed by atoms with Gasteiger partial charge in [0, 0.05) is 16.3 Å². The number of primary amides is 1. The zero-order valence-electron chi connectivity index (χ0n) is 17.1. The maximum Gasteiger partial charge on any atom is 0.251 e. The molecule has 1 heterocycles. The molecule has 4 rings (SSSR count). The maximum atomic E-state index is 13.7. The fourth-order valence-electron chi connectivity index (χ4n) is 4.13. The van der Waals surface area contributed by atoms with Gasteiger partial charge in [0.05, 0.1) is 16.9 Å². The Morgan fingerprint density at radius 3 is 2.56 bits per heavy atom. The molecule has 0 saturated heterocycles. The molecule has 1 unspecified atom stereocenters. The number of carbonyl (C=O) groups excluding carboxylic acids is 4. The van der Waals surface area contributed by atoms with E-state index in [1.807, 2.05) is 30.3 Å². The van der Waals surface area contributed by atoms with Crippen LogP contribution in [0.2, 0.25) is 5.02 Å². The van der Waals surface area contributed by atoms with E-state index in [4.69, 9.17) is 17.3 Å². The van der Waals surface area contributed by atoms with E-state index >= 15 is 0 Å². The van der Waals surface area contributed by atoms with Crippen molar-refractivity contribution < 1.29 is 19.2 Å². The third-order valence-corrected chi connectivity index (χ3v) is 7.28. The minimum absolute atomic E-state index is 0.114. The SMILES string of the molecule is NC(=O)CN1C(=O)[C@@H](NC(=O)C2CCCC2=O)[C@H](c2ccccc2)Sc2cc(Cl)ccc21. The Bertz CT molecular complexity index is 1080. The van der Waals surface area contributed by atoms with Gasteiger partial charge in [-0.15, -0.1) is 11.8 Å². The lowest BCUT2D eigenvalue weighted by Gasteiger charge is -2.28. The van der Waals surface area contributed by atoms with Crippen LogP contribution in [0.5, 0.6) is 0 Å². The van der Waals surface area contributed by atoms with Gasteiger partial charge in [0.25, 0.3) is 5.91 Å². The second kappa shape index (κ2) is 9.34. The van der Waals surface area contributed by atoms with Gasteiger partial charge in [-0.3, -0.25) is 19.2 Å². The van der Waals surface area contributed by atoms with E-state index in [0.717, 1.165) is 5.56 Å². The van der Waals surface area contributed by atoms with E-state index in [-0.39, 0.29) is 12.3 Å². The standard InChI is InChI=1S/C23H22ClN3O4S/c24-14-9-10-16-18(11-14)32-21(13-5-2-1-3-6-13)20(23(31)27(16)12-19(25)29)26-22(30)15-7-4-8-17(15)28/h1-3,5-6,9-11,15,20-21H,4,7-8,12H2,(H2,25,29)(H,26,30)/t15?,20-,21-/m0/s1. The van der Waals surface area contributed by atoms with Crippen molar-refractivity contribution in [3.63, 3.8) is 0 Å². The summed E-state index contributed by atoms with van der Waals surface area (Å²) < 4.78 is 0. The Morgan fingerprint density at radius 1 is 1.16 bits per heavy atom. The summed E-state index contributed by atoms with van der Waals surface area (Å²) in [5, 5.41) is 2.80. The van der Waals surface area contributed by atoms with Crippen molar-refractivity contribution in [1.29, 1.82) is 0 Å². The van der Waals surface area contributed by atoms with Crippen molar-refractivity contribution in [2.24, 2.45) is 11.7 Å². The number of Topliss-reactive ketones (excluding diaryl/α,β-unsaturated/α-hetero) is 1. The number of halogens is 1. The van der Waals surface area contributed by atoms with Crippen LogP contribution in [0.25, 0.3) is 0 Å². The topological polar surface area (TPSA) is 110 Å². The summed E-state index contributed by atoms with van der Waals surface area (Å²) in [6.07, 6.45) is 1.49. The van der Waals surface area contributed by atoms with E-state index < -0.39 is 34.9 Å². The normalized spacial score (nSPS) is 22.9. The Labute approximate surface area is 194 Å². The molecule has 2 aliphatic rings. The summed E-state index contributed by atoms with van der Waals surface area (Å²) in [6, 6.07) is 13.3. The Hall–Kier alpha value is -2.84. The van der Waals surface area contributed by atoms with Gasteiger partial charge in [-0.25, -0.2) is 0 Å². The summed E-state index contributed by atoms with van der Waals surface area (Å²) in [6.45, 7) is -0.343. The molecule has 0 bridgehead atoms. The third-order valence-electron chi connectivity index (χ3n) is 5.66. The molecule has 32 heavy (non-hydrogen) atoms. The second-order valence-corrected chi connectivity index (χ2v) is 9.47. The number of benzene rings is 2. The van der Waals surface area contributed by atoms with Crippen molar-refractivity contribution in [2.45, 2.75) is 35.4 Å². The van der Waals surface area contributed by atoms with E-state index in [2.05, 4.69) is 5.32 Å². The lowest BCUT2D eigenvalue weighted by molar-refractivity contribution is -0.135. The fourth-order valence-corrected chi connectivity index (χ4v) is 5.75. The van der Waals surface area contributed by atoms with E-state index in [9.17, 15) is 19.2 Å². The highest BCUT2D eigenvalue weighted by Crippen LogP contribution is 2.46. The highest BCUT2D eigenvalue weighted by molar-refractivity contribution is 7.99. The van der Waals surface area contributed by atoms with Gasteiger partial charge in [-0.1, -0.05) is 41.9 Å². The molecule has 9 heteroatoms. The largest absolute Gasteiger partial charge is 0.368 e. The fraction of sp³-hybridized carbons (Fsp3) is 0.304. The maximum absolute atomic E-state index is 13.7. The number of carbonyl (C=O) groups is 4. The quantitative estimate of drug-likeness (QED) is 0.651. The van der Waals surface area contributed by atoms with Crippen LogP contribution >= 0.6 is 23.4 Å². The molecule has 7 nitrogen and oxygen atoms in total. The van der Waals surface area contributed by atoms with Gasteiger partial charge in [-0.2, -0.15) is 0 Å². The first kappa shape index (κ1) is 22.4. The summed E-state index contributed by atoms with van der Waals surface area (Å²) in [5.74, 6) is -2.48. The second-order valence-electron chi connectivity index (χ2n) is 7.85. The lowest BCUT2D eigenvalue weighted by atomic mass is 10.0. The first-order valence-corrected chi connectivity index (χ1v) is 11.5. The van der Waals surface area contributed by atoms with Crippen LogP contribution in [0.4, 0.5) is 5.69 Å². The molecule has 3 atom stereocenters. The predicted octanol–water partition coefficient (Wildman–Crippen LogP) is 2.86. The molecule has 2 aromatic carbocycles. The number of nitrogens with zero attached hydrogens (tertiary/aromatic N) is 1. The van der Waals surface area contributed by atoms with Gasteiger partial charge >= 0.3 is 0 Å². The van der Waals surface area contributed by atoms with Crippen molar-refractivity contribution in [2.75, 3.05) is 11.4 Å². The van der Waals surface area contributed by atoms with Gasteiger partial charge in [0.1, 0.15) is 18.4 Å². The van der Waals surface area contributed by atoms with Crippen LogP contribution in [0.1, 0.15) is 30.1 Å². The minimum Gasteiger partial charge on any atom is -0.368 e. The number of ketones is 1. The average Bonchev–Trinajstić information content (AvgIpc) is 3.16. The number of hydrogen-bond donors (Lipinski definition) is 2. The molecule has 1 aliphatic carbocycles. The minimum atomic E-state index is -1.01. The molecule has 1 saturated carbocycles. The molecular weight excluding hydrogens is 450 g/mol. The molecule has 2 aromatic rings. The van der Waals surface area contributed by atoms with Gasteiger partial charge in [-0.05, 0) is 36.6 Å². The number of hydrogen-bond acceptors (Lipinski definition) is 5. The molecule has 1 fully saturated rings. The zero-order valence-corrected chi connectivity index (χ0v) is 18.7. The molecular formula is C23H22ClN3O4S. The van der Waals surface area contributed by atoms with E-state index in [1.165, 1.54) is 16.7 Å². The van der Waals surface area contributed by atoms with Crippen LogP contribution in [0, 0.1) is 5.92 Å². The summed E-state index contributed by atoms with van der Waals surface area (Å²) in [7, 11) is 0. The molecule has 0 spiro atoms. The van der Waals surface area contributed by atoms with Crippen LogP contribution < -0.4 is 16.0 Å². The molecule has 3 N–H and O–H groups in total. The van der Waals surface area contributed by atoms with E-state index in [1.54, 1.807) is 18.2 Å². The van der Waals surface area contributed by atoms with Crippen molar-refractivity contribution in [1.82, 2.24) is 5.32 Å². The number of thioether (sulfide) groups is 1. The molecule has 3 amide bonds.